The van der Waals surface area contributed by atoms with E-state index in [1.165, 1.54) is 24.3 Å². The molecule has 0 bridgehead atoms. The first-order valence-corrected chi connectivity index (χ1v) is 7.94. The van der Waals surface area contributed by atoms with E-state index in [9.17, 15) is 13.2 Å². The number of nitriles is 1. The van der Waals surface area contributed by atoms with E-state index in [-0.39, 0.29) is 17.1 Å². The highest BCUT2D eigenvalue weighted by atomic mass is 32.2. The van der Waals surface area contributed by atoms with E-state index in [0.717, 1.165) is 0 Å². The molecule has 0 radical (unpaired) electrons. The highest BCUT2D eigenvalue weighted by Gasteiger charge is 2.42. The SMILES string of the molecule is CC1(C)CCOC(=O)C1NS(=O)(=O)c1cccc(C#N)c1. The maximum Gasteiger partial charge on any atom is 0.324 e. The number of benzene rings is 1. The lowest BCUT2D eigenvalue weighted by Gasteiger charge is -2.36. The molecule has 21 heavy (non-hydrogen) atoms. The predicted octanol–water partition coefficient (Wildman–Crippen LogP) is 1.18. The Labute approximate surface area is 123 Å². The number of nitrogens with zero attached hydrogens (tertiary/aromatic N) is 1. The zero-order valence-electron chi connectivity index (χ0n) is 11.8. The van der Waals surface area contributed by atoms with Gasteiger partial charge in [0.05, 0.1) is 23.1 Å². The van der Waals surface area contributed by atoms with E-state index >= 15 is 0 Å². The first-order valence-electron chi connectivity index (χ1n) is 6.45. The van der Waals surface area contributed by atoms with Crippen molar-refractivity contribution in [2.45, 2.75) is 31.2 Å². The quantitative estimate of drug-likeness (QED) is 0.846. The lowest BCUT2D eigenvalue weighted by atomic mass is 9.80. The van der Waals surface area contributed by atoms with Crippen LogP contribution in [0.4, 0.5) is 0 Å². The molecule has 1 aromatic carbocycles. The molecule has 7 heteroatoms. The summed E-state index contributed by atoms with van der Waals surface area (Å²) in [5.74, 6) is -0.578. The van der Waals surface area contributed by atoms with Crippen LogP contribution in [0.15, 0.2) is 29.2 Å². The van der Waals surface area contributed by atoms with Crippen LogP contribution in [0.3, 0.4) is 0 Å². The smallest absolute Gasteiger partial charge is 0.324 e. The third kappa shape index (κ3) is 3.23. The first-order chi connectivity index (χ1) is 9.76. The van der Waals surface area contributed by atoms with Gasteiger partial charge < -0.3 is 4.74 Å². The minimum absolute atomic E-state index is 0.0456. The zero-order valence-corrected chi connectivity index (χ0v) is 12.6. The van der Waals surface area contributed by atoms with Crippen LogP contribution in [-0.2, 0) is 19.6 Å². The molecule has 1 fully saturated rings. The Morgan fingerprint density at radius 1 is 1.43 bits per heavy atom. The van der Waals surface area contributed by atoms with Crippen LogP contribution in [0.1, 0.15) is 25.8 Å². The van der Waals surface area contributed by atoms with Crippen LogP contribution in [0, 0.1) is 16.7 Å². The van der Waals surface area contributed by atoms with Crippen LogP contribution in [-0.4, -0.2) is 27.0 Å². The highest BCUT2D eigenvalue weighted by Crippen LogP contribution is 2.31. The Balaban J connectivity index is 2.32. The summed E-state index contributed by atoms with van der Waals surface area (Å²) in [6, 6.07) is 6.58. The number of ether oxygens (including phenoxy) is 1. The van der Waals surface area contributed by atoms with Crippen molar-refractivity contribution in [1.29, 1.82) is 5.26 Å². The lowest BCUT2D eigenvalue weighted by molar-refractivity contribution is -0.155. The van der Waals surface area contributed by atoms with Crippen molar-refractivity contribution in [3.63, 3.8) is 0 Å². The summed E-state index contributed by atoms with van der Waals surface area (Å²) >= 11 is 0. The fourth-order valence-electron chi connectivity index (χ4n) is 2.13. The Morgan fingerprint density at radius 3 is 2.76 bits per heavy atom. The van der Waals surface area contributed by atoms with Crippen molar-refractivity contribution < 1.29 is 17.9 Å². The summed E-state index contributed by atoms with van der Waals surface area (Å²) in [4.78, 5) is 11.8. The van der Waals surface area contributed by atoms with Gasteiger partial charge in [-0.05, 0) is 30.0 Å². The van der Waals surface area contributed by atoms with E-state index in [1.807, 2.05) is 19.9 Å². The summed E-state index contributed by atoms with van der Waals surface area (Å²) < 4.78 is 32.1. The molecule has 6 nitrogen and oxygen atoms in total. The average molecular weight is 308 g/mol. The molecular formula is C14H16N2O4S. The molecule has 1 aromatic rings. The molecular weight excluding hydrogens is 292 g/mol. The molecule has 0 saturated carbocycles. The summed E-state index contributed by atoms with van der Waals surface area (Å²) in [6.07, 6.45) is 0.574. The van der Waals surface area contributed by atoms with Crippen molar-refractivity contribution in [2.24, 2.45) is 5.41 Å². The molecule has 1 aliphatic heterocycles. The monoisotopic (exact) mass is 308 g/mol. The molecule has 0 aliphatic carbocycles. The number of cyclic esters (lactones) is 1. The van der Waals surface area contributed by atoms with Crippen LogP contribution in [0.25, 0.3) is 0 Å². The number of hydrogen-bond acceptors (Lipinski definition) is 5. The fourth-order valence-corrected chi connectivity index (χ4v) is 3.53. The van der Waals surface area contributed by atoms with Crippen molar-refractivity contribution in [3.05, 3.63) is 29.8 Å². The number of hydrogen-bond donors (Lipinski definition) is 1. The Morgan fingerprint density at radius 2 is 2.14 bits per heavy atom. The van der Waals surface area contributed by atoms with Crippen molar-refractivity contribution in [3.8, 4) is 6.07 Å². The van der Waals surface area contributed by atoms with Gasteiger partial charge in [-0.3, -0.25) is 4.79 Å². The van der Waals surface area contributed by atoms with E-state index in [4.69, 9.17) is 10.00 Å². The lowest BCUT2D eigenvalue weighted by Crippen LogP contribution is -2.54. The molecule has 0 aromatic heterocycles. The van der Waals surface area contributed by atoms with E-state index in [0.29, 0.717) is 6.42 Å². The summed E-state index contributed by atoms with van der Waals surface area (Å²) in [5.41, 5.74) is -0.293. The third-order valence-electron chi connectivity index (χ3n) is 3.55. The zero-order chi connectivity index (χ0) is 15.7. The molecule has 1 saturated heterocycles. The van der Waals surface area contributed by atoms with Gasteiger partial charge in [-0.2, -0.15) is 9.98 Å². The number of esters is 1. The predicted molar refractivity (Wildman–Crippen MR) is 74.6 cm³/mol. The van der Waals surface area contributed by atoms with Gasteiger partial charge in [-0.1, -0.05) is 19.9 Å². The fraction of sp³-hybridized carbons (Fsp3) is 0.429. The minimum Gasteiger partial charge on any atom is -0.464 e. The van der Waals surface area contributed by atoms with Gasteiger partial charge in [-0.25, -0.2) is 8.42 Å². The number of carbonyl (C=O) groups excluding carboxylic acids is 1. The van der Waals surface area contributed by atoms with Crippen LogP contribution < -0.4 is 4.72 Å². The first kappa shape index (κ1) is 15.5. The minimum atomic E-state index is -3.90. The summed E-state index contributed by atoms with van der Waals surface area (Å²) in [6.45, 7) is 3.91. The Bertz CT molecular complexity index is 704. The van der Waals surface area contributed by atoms with E-state index in [1.54, 1.807) is 0 Å². The van der Waals surface area contributed by atoms with Gasteiger partial charge in [-0.15, -0.1) is 0 Å². The van der Waals surface area contributed by atoms with Crippen molar-refractivity contribution in [1.82, 2.24) is 4.72 Å². The maximum absolute atomic E-state index is 12.4. The number of rotatable bonds is 3. The highest BCUT2D eigenvalue weighted by molar-refractivity contribution is 7.89. The molecule has 0 amide bonds. The normalized spacial score (nSPS) is 21.4. The standard InChI is InChI=1S/C14H16N2O4S/c1-14(2)6-7-20-13(17)12(14)16-21(18,19)11-5-3-4-10(8-11)9-15/h3-5,8,12,16H,6-7H2,1-2H3. The molecule has 112 valence electrons. The van der Waals surface area contributed by atoms with Crippen molar-refractivity contribution in [2.75, 3.05) is 6.61 Å². The largest absolute Gasteiger partial charge is 0.464 e. The molecule has 1 aliphatic rings. The van der Waals surface area contributed by atoms with E-state index < -0.39 is 27.4 Å². The molecule has 2 rings (SSSR count). The van der Waals surface area contributed by atoms with Gasteiger partial charge >= 0.3 is 5.97 Å². The molecule has 0 spiro atoms. The van der Waals surface area contributed by atoms with Crippen LogP contribution >= 0.6 is 0 Å². The summed E-state index contributed by atoms with van der Waals surface area (Å²) in [7, 11) is -3.90. The molecule has 1 N–H and O–H groups in total. The Kier molecular flexibility index (Phi) is 4.03. The molecule has 1 unspecified atom stereocenters. The van der Waals surface area contributed by atoms with Crippen LogP contribution in [0.5, 0.6) is 0 Å². The number of sulfonamides is 1. The number of nitrogens with one attached hydrogen (secondary N) is 1. The van der Waals surface area contributed by atoms with Crippen molar-refractivity contribution >= 4 is 16.0 Å². The van der Waals surface area contributed by atoms with Crippen LogP contribution in [0.2, 0.25) is 0 Å². The van der Waals surface area contributed by atoms with Gasteiger partial charge in [0, 0.05) is 0 Å². The molecule has 1 atom stereocenters. The average Bonchev–Trinajstić information content (AvgIpc) is 2.43. The second-order valence-electron chi connectivity index (χ2n) is 5.60. The van der Waals surface area contributed by atoms with Gasteiger partial charge in [0.15, 0.2) is 0 Å². The Hall–Kier alpha value is -1.91. The maximum atomic E-state index is 12.4. The second kappa shape index (κ2) is 5.47. The molecule has 1 heterocycles. The van der Waals surface area contributed by atoms with Gasteiger partial charge in [0.1, 0.15) is 6.04 Å². The van der Waals surface area contributed by atoms with Gasteiger partial charge in [0.2, 0.25) is 10.0 Å². The van der Waals surface area contributed by atoms with E-state index in [2.05, 4.69) is 4.72 Å². The third-order valence-corrected chi connectivity index (χ3v) is 4.97. The number of carbonyl (C=O) groups is 1. The van der Waals surface area contributed by atoms with Gasteiger partial charge in [0.25, 0.3) is 0 Å². The summed E-state index contributed by atoms with van der Waals surface area (Å²) in [5, 5.41) is 8.83. The topological polar surface area (TPSA) is 96.3 Å². The second-order valence-corrected chi connectivity index (χ2v) is 7.31.